The molecule has 0 aliphatic heterocycles. The second-order valence-corrected chi connectivity index (χ2v) is 9.20. The topological polar surface area (TPSA) is 133 Å². The predicted molar refractivity (Wildman–Crippen MR) is 129 cm³/mol. The lowest BCUT2D eigenvalue weighted by Crippen LogP contribution is -2.37. The molecule has 16 heteroatoms. The van der Waals surface area contributed by atoms with E-state index < -0.39 is 42.5 Å². The summed E-state index contributed by atoms with van der Waals surface area (Å²) in [6, 6.07) is 9.08. The Morgan fingerprint density at radius 2 is 1.90 bits per heavy atom. The molecule has 3 atom stereocenters. The molecule has 1 amide bonds. The Kier molecular flexibility index (Phi) is 6.94. The van der Waals surface area contributed by atoms with Gasteiger partial charge in [-0.25, -0.2) is 28.5 Å². The van der Waals surface area contributed by atoms with Gasteiger partial charge in [-0.2, -0.15) is 13.2 Å². The number of nitrogens with one attached hydrogen (secondary N) is 1. The van der Waals surface area contributed by atoms with Gasteiger partial charge in [0.15, 0.2) is 23.6 Å². The molecule has 0 unspecified atom stereocenters. The van der Waals surface area contributed by atoms with Crippen molar-refractivity contribution in [3.63, 3.8) is 0 Å². The highest BCUT2D eigenvalue weighted by atomic mass is 35.5. The van der Waals surface area contributed by atoms with Gasteiger partial charge in [0, 0.05) is 16.8 Å². The molecule has 5 rings (SSSR count). The monoisotopic (exact) mass is 566 g/mol. The van der Waals surface area contributed by atoms with E-state index in [4.69, 9.17) is 11.6 Å². The number of alkyl halides is 4. The molecule has 1 aromatic carbocycles. The maximum atomic E-state index is 13.3. The van der Waals surface area contributed by atoms with Gasteiger partial charge < -0.3 is 10.4 Å². The quantitative estimate of drug-likeness (QED) is 0.313. The first-order chi connectivity index (χ1) is 18.5. The zero-order valence-electron chi connectivity index (χ0n) is 19.8. The first-order valence-electron chi connectivity index (χ1n) is 11.5. The third-order valence-electron chi connectivity index (χ3n) is 5.91. The minimum absolute atomic E-state index is 0.0629. The maximum Gasteiger partial charge on any atom is 0.416 e. The lowest BCUT2D eigenvalue weighted by atomic mass is 10.2. The molecule has 3 aromatic heterocycles. The lowest BCUT2D eigenvalue weighted by molar-refractivity contribution is -0.207. The van der Waals surface area contributed by atoms with Gasteiger partial charge in [0.05, 0.1) is 12.5 Å². The predicted octanol–water partition coefficient (Wildman–Crippen LogP) is 2.61. The number of hydrogen-bond donors (Lipinski definition) is 2. The fraction of sp³-hybridized carbons (Fsp3) is 0.304. The molecule has 204 valence electrons. The highest BCUT2D eigenvalue weighted by Crippen LogP contribution is 2.35. The molecule has 0 bridgehead atoms. The fourth-order valence-corrected chi connectivity index (χ4v) is 3.87. The number of rotatable bonds is 8. The zero-order chi connectivity index (χ0) is 27.9. The first-order valence-corrected chi connectivity index (χ1v) is 11.9. The molecule has 0 spiro atoms. The van der Waals surface area contributed by atoms with Crippen LogP contribution >= 0.6 is 11.6 Å². The second kappa shape index (κ2) is 10.2. The van der Waals surface area contributed by atoms with E-state index in [-0.39, 0.29) is 30.4 Å². The van der Waals surface area contributed by atoms with Crippen molar-refractivity contribution in [1.82, 2.24) is 34.1 Å². The van der Waals surface area contributed by atoms with Gasteiger partial charge in [-0.3, -0.25) is 9.36 Å². The number of carbonyl (C=O) groups is 1. The Morgan fingerprint density at radius 3 is 2.56 bits per heavy atom. The van der Waals surface area contributed by atoms with E-state index in [1.165, 1.54) is 41.5 Å². The number of aliphatic hydroxyl groups excluding tert-OH is 1. The van der Waals surface area contributed by atoms with Crippen LogP contribution in [0.4, 0.5) is 23.4 Å². The van der Waals surface area contributed by atoms with Crippen molar-refractivity contribution in [1.29, 1.82) is 0 Å². The van der Waals surface area contributed by atoms with E-state index in [9.17, 15) is 32.3 Å². The molecule has 11 nitrogen and oxygen atoms in total. The number of anilines is 1. The van der Waals surface area contributed by atoms with Crippen LogP contribution in [0.3, 0.4) is 0 Å². The Labute approximate surface area is 221 Å². The molecular weight excluding hydrogens is 548 g/mol. The van der Waals surface area contributed by atoms with Crippen molar-refractivity contribution in [2.24, 2.45) is 5.92 Å². The molecule has 4 aromatic rings. The normalized spacial score (nSPS) is 17.7. The average Bonchev–Trinajstić information content (AvgIpc) is 3.32. The maximum absolute atomic E-state index is 13.3. The number of pyridine rings is 1. The Hall–Kier alpha value is -4.11. The fourth-order valence-electron chi connectivity index (χ4n) is 3.74. The van der Waals surface area contributed by atoms with E-state index >= 15 is 0 Å². The molecule has 1 aliphatic carbocycles. The summed E-state index contributed by atoms with van der Waals surface area (Å²) in [5.41, 5.74) is -0.321. The molecule has 3 heterocycles. The lowest BCUT2D eigenvalue weighted by Gasteiger charge is -2.15. The number of aromatic nitrogens is 7. The van der Waals surface area contributed by atoms with E-state index in [0.717, 1.165) is 4.68 Å². The largest absolute Gasteiger partial charge is 0.416 e. The summed E-state index contributed by atoms with van der Waals surface area (Å²) in [5, 5.41) is 21.0. The summed E-state index contributed by atoms with van der Waals surface area (Å²) >= 11 is 5.90. The van der Waals surface area contributed by atoms with Crippen LogP contribution in [0.5, 0.6) is 0 Å². The minimum atomic E-state index is -4.96. The van der Waals surface area contributed by atoms with E-state index in [1.54, 1.807) is 12.1 Å². The highest BCUT2D eigenvalue weighted by Gasteiger charge is 2.44. The van der Waals surface area contributed by atoms with Gasteiger partial charge in [0.1, 0.15) is 24.7 Å². The molecule has 1 aliphatic rings. The van der Waals surface area contributed by atoms with Crippen molar-refractivity contribution in [3.05, 3.63) is 70.3 Å². The van der Waals surface area contributed by atoms with Crippen LogP contribution in [0.15, 0.2) is 53.7 Å². The summed E-state index contributed by atoms with van der Waals surface area (Å²) in [6.07, 6.45) is -6.10. The van der Waals surface area contributed by atoms with Crippen molar-refractivity contribution >= 4 is 23.3 Å². The highest BCUT2D eigenvalue weighted by molar-refractivity contribution is 6.30. The summed E-state index contributed by atoms with van der Waals surface area (Å²) in [4.78, 5) is 33.5. The zero-order valence-corrected chi connectivity index (χ0v) is 20.5. The van der Waals surface area contributed by atoms with Crippen LogP contribution in [0.1, 0.15) is 12.2 Å². The summed E-state index contributed by atoms with van der Waals surface area (Å²) in [6.45, 7) is -1.41. The molecule has 2 N–H and O–H groups in total. The van der Waals surface area contributed by atoms with Gasteiger partial charge in [0.25, 0.3) is 0 Å². The average molecular weight is 567 g/mol. The SMILES string of the molecule is O=C(Nc1ncccc1-n1cnc(Cn2nc(-c3ccc(Cl)cc3)n(C[C@H](O)C(F)(F)F)c2=O)n1)[C@H]1C[C@H]1F. The van der Waals surface area contributed by atoms with Crippen molar-refractivity contribution in [2.45, 2.75) is 38.0 Å². The Balaban J connectivity index is 1.43. The molecule has 39 heavy (non-hydrogen) atoms. The number of aliphatic hydroxyl groups is 1. The van der Waals surface area contributed by atoms with Crippen molar-refractivity contribution in [2.75, 3.05) is 5.32 Å². The van der Waals surface area contributed by atoms with Gasteiger partial charge in [-0.1, -0.05) is 11.6 Å². The number of halogens is 5. The van der Waals surface area contributed by atoms with Crippen LogP contribution in [0, 0.1) is 5.92 Å². The summed E-state index contributed by atoms with van der Waals surface area (Å²) in [5.74, 6) is -1.20. The third-order valence-corrected chi connectivity index (χ3v) is 6.17. The molecule has 0 saturated heterocycles. The van der Waals surface area contributed by atoms with Crippen molar-refractivity contribution in [3.8, 4) is 17.1 Å². The molecule has 0 radical (unpaired) electrons. The minimum Gasteiger partial charge on any atom is -0.382 e. The standard InChI is InChI=1S/C23H19ClF4N8O3/c24-13-5-3-12(4-6-13)20-33-35(22(39)34(20)9-17(37)23(26,27)28)10-18-30-11-36(32-18)16-2-1-7-29-19(16)31-21(38)14-8-15(14)25/h1-7,11,14-15,17,37H,8-10H2,(H,29,31,38)/t14-,15+,17-/m0/s1. The third kappa shape index (κ3) is 5.68. The summed E-state index contributed by atoms with van der Waals surface area (Å²) < 4.78 is 55.3. The van der Waals surface area contributed by atoms with Crippen LogP contribution in [0.2, 0.25) is 5.02 Å². The van der Waals surface area contributed by atoms with Gasteiger partial charge >= 0.3 is 11.9 Å². The van der Waals surface area contributed by atoms with Gasteiger partial charge in [-0.05, 0) is 42.8 Å². The van der Waals surface area contributed by atoms with E-state index in [1.807, 2.05) is 0 Å². The number of carbonyl (C=O) groups excluding carboxylic acids is 1. The molecular formula is C23H19ClF4N8O3. The Morgan fingerprint density at radius 1 is 1.18 bits per heavy atom. The smallest absolute Gasteiger partial charge is 0.382 e. The van der Waals surface area contributed by atoms with Crippen LogP contribution in [0.25, 0.3) is 17.1 Å². The number of nitrogens with zero attached hydrogens (tertiary/aromatic N) is 7. The number of benzene rings is 1. The van der Waals surface area contributed by atoms with Crippen LogP contribution in [-0.4, -0.2) is 63.6 Å². The van der Waals surface area contributed by atoms with Gasteiger partial charge in [0.2, 0.25) is 5.91 Å². The molecule has 1 saturated carbocycles. The summed E-state index contributed by atoms with van der Waals surface area (Å²) in [7, 11) is 0. The van der Waals surface area contributed by atoms with E-state index in [2.05, 4.69) is 25.5 Å². The Bertz CT molecular complexity index is 1570. The second-order valence-electron chi connectivity index (χ2n) is 8.76. The number of amides is 1. The molecule has 1 fully saturated rings. The van der Waals surface area contributed by atoms with Crippen LogP contribution < -0.4 is 11.0 Å². The van der Waals surface area contributed by atoms with Crippen molar-refractivity contribution < 1.29 is 27.5 Å². The van der Waals surface area contributed by atoms with Crippen LogP contribution in [-0.2, 0) is 17.9 Å². The first kappa shape index (κ1) is 26.5. The number of hydrogen-bond acceptors (Lipinski definition) is 7. The van der Waals surface area contributed by atoms with E-state index in [0.29, 0.717) is 20.8 Å². The van der Waals surface area contributed by atoms with Gasteiger partial charge in [-0.15, -0.1) is 10.2 Å².